The van der Waals surface area contributed by atoms with Crippen LogP contribution in [0.2, 0.25) is 10.0 Å². The van der Waals surface area contributed by atoms with Gasteiger partial charge in [-0.15, -0.1) is 0 Å². The molecule has 42 heavy (non-hydrogen) atoms. The summed E-state index contributed by atoms with van der Waals surface area (Å²) in [5.74, 6) is 0.527. The molecule has 2 aliphatic heterocycles. The third kappa shape index (κ3) is 10.7. The Balaban J connectivity index is 0.000000416. The van der Waals surface area contributed by atoms with Gasteiger partial charge in [0.05, 0.1) is 54.5 Å². The Morgan fingerprint density at radius 1 is 0.881 bits per heavy atom. The highest BCUT2D eigenvalue weighted by molar-refractivity contribution is 6.43. The first-order valence-corrected chi connectivity index (χ1v) is 15.3. The van der Waals surface area contributed by atoms with Crippen molar-refractivity contribution in [3.63, 3.8) is 0 Å². The Bertz CT molecular complexity index is 1110. The maximum Gasteiger partial charge on any atom is 0.233 e. The van der Waals surface area contributed by atoms with Gasteiger partial charge in [-0.25, -0.2) is 0 Å². The Hall–Kier alpha value is -2.40. The molecule has 0 spiro atoms. The Labute approximate surface area is 259 Å². The normalized spacial score (nSPS) is 15.2. The molecule has 0 atom stereocenters. The van der Waals surface area contributed by atoms with Gasteiger partial charge in [0, 0.05) is 52.4 Å². The van der Waals surface area contributed by atoms with Gasteiger partial charge in [0.2, 0.25) is 12.3 Å². The smallest absolute Gasteiger partial charge is 0.233 e. The number of fused-ring (bicyclic) bond motifs is 1. The summed E-state index contributed by atoms with van der Waals surface area (Å²) in [7, 11) is 1.66. The van der Waals surface area contributed by atoms with Crippen molar-refractivity contribution in [3.05, 3.63) is 52.0 Å². The fourth-order valence-corrected chi connectivity index (χ4v) is 5.18. The summed E-state index contributed by atoms with van der Waals surface area (Å²) in [5.41, 5.74) is 2.65. The number of amides is 2. The van der Waals surface area contributed by atoms with E-state index in [1.807, 2.05) is 37.3 Å². The number of hydrogen-bond acceptors (Lipinski definition) is 8. The summed E-state index contributed by atoms with van der Waals surface area (Å²) in [6.07, 6.45) is 3.60. The molecule has 0 bridgehead atoms. The second kappa shape index (κ2) is 19.0. The third-order valence-corrected chi connectivity index (χ3v) is 7.90. The van der Waals surface area contributed by atoms with E-state index < -0.39 is 0 Å². The van der Waals surface area contributed by atoms with Gasteiger partial charge in [-0.1, -0.05) is 35.3 Å². The number of carbonyl (C=O) groups is 2. The Morgan fingerprint density at radius 3 is 2.38 bits per heavy atom. The van der Waals surface area contributed by atoms with Crippen molar-refractivity contribution in [2.45, 2.75) is 32.6 Å². The Kier molecular flexibility index (Phi) is 15.4. The number of methoxy groups -OCH3 is 1. The SMILES string of the molecule is CCOCCOCCOC.O=CN1C(=O)CCc2ccc(OCCCCN3CCN(c4cccc(Cl)c4Cl)CC3)cc21. The van der Waals surface area contributed by atoms with Crippen molar-refractivity contribution in [1.29, 1.82) is 0 Å². The number of piperazine rings is 1. The fourth-order valence-electron chi connectivity index (χ4n) is 4.76. The standard InChI is InChI=1S/C24H27Cl2N3O3.C7H16O3/c25-20-4-3-5-21(24(20)26)28-13-11-27(12-14-28)10-1-2-15-32-19-8-6-18-7-9-23(31)29(17-30)22(18)16-19;1-3-9-6-7-10-5-4-8-2/h3-6,8,16-17H,1-2,7,9-15H2;3-7H2,1-2H3. The van der Waals surface area contributed by atoms with Crippen LogP contribution in [0.15, 0.2) is 36.4 Å². The monoisotopic (exact) mass is 623 g/mol. The van der Waals surface area contributed by atoms with Crippen LogP contribution in [-0.4, -0.2) is 96.7 Å². The molecule has 0 radical (unpaired) electrons. The number of carbonyl (C=O) groups excluding carboxylic acids is 2. The quantitative estimate of drug-likeness (QED) is 0.200. The van der Waals surface area contributed by atoms with E-state index in [-0.39, 0.29) is 5.91 Å². The molecule has 0 saturated carbocycles. The molecular formula is C31H43Cl2N3O6. The maximum atomic E-state index is 11.9. The summed E-state index contributed by atoms with van der Waals surface area (Å²) < 4.78 is 20.8. The number of imide groups is 1. The first-order chi connectivity index (χ1) is 20.5. The molecule has 1 fully saturated rings. The summed E-state index contributed by atoms with van der Waals surface area (Å²) in [5, 5.41) is 1.22. The van der Waals surface area contributed by atoms with Crippen LogP contribution in [0, 0.1) is 0 Å². The van der Waals surface area contributed by atoms with Crippen molar-refractivity contribution < 1.29 is 28.5 Å². The van der Waals surface area contributed by atoms with Gasteiger partial charge in [0.15, 0.2) is 0 Å². The van der Waals surface area contributed by atoms with E-state index in [0.29, 0.717) is 73.8 Å². The number of unbranched alkanes of at least 4 members (excludes halogenated alkanes) is 1. The van der Waals surface area contributed by atoms with Crippen LogP contribution in [0.5, 0.6) is 5.75 Å². The topological polar surface area (TPSA) is 80.8 Å². The van der Waals surface area contributed by atoms with Gasteiger partial charge >= 0.3 is 0 Å². The summed E-state index contributed by atoms with van der Waals surface area (Å²) >= 11 is 12.5. The minimum absolute atomic E-state index is 0.164. The number of halogens is 2. The van der Waals surface area contributed by atoms with Gasteiger partial charge in [-0.2, -0.15) is 0 Å². The predicted molar refractivity (Wildman–Crippen MR) is 167 cm³/mol. The van der Waals surface area contributed by atoms with Crippen molar-refractivity contribution in [2.75, 3.05) is 89.3 Å². The summed E-state index contributed by atoms with van der Waals surface area (Å²) in [6, 6.07) is 11.4. The summed E-state index contributed by atoms with van der Waals surface area (Å²) in [6.45, 7) is 10.9. The molecule has 2 aliphatic rings. The third-order valence-electron chi connectivity index (χ3n) is 7.09. The number of benzene rings is 2. The van der Waals surface area contributed by atoms with Crippen LogP contribution in [0.25, 0.3) is 0 Å². The Morgan fingerprint density at radius 2 is 1.64 bits per heavy atom. The molecule has 4 rings (SSSR count). The molecular weight excluding hydrogens is 581 g/mol. The molecule has 9 nitrogen and oxygen atoms in total. The van der Waals surface area contributed by atoms with E-state index in [9.17, 15) is 9.59 Å². The molecule has 1 saturated heterocycles. The van der Waals surface area contributed by atoms with Crippen LogP contribution >= 0.6 is 23.2 Å². The minimum atomic E-state index is -0.164. The number of nitrogens with zero attached hydrogens (tertiary/aromatic N) is 3. The first kappa shape index (κ1) is 34.1. The van der Waals surface area contributed by atoms with Gasteiger partial charge in [0.25, 0.3) is 0 Å². The van der Waals surface area contributed by atoms with Crippen LogP contribution in [0.1, 0.15) is 31.7 Å². The molecule has 232 valence electrons. The molecule has 2 amide bonds. The lowest BCUT2D eigenvalue weighted by atomic mass is 10.0. The molecule has 11 heteroatoms. The van der Waals surface area contributed by atoms with E-state index in [2.05, 4.69) is 9.80 Å². The second-order valence-corrected chi connectivity index (χ2v) is 10.7. The molecule has 0 N–H and O–H groups in total. The second-order valence-electron chi connectivity index (χ2n) is 9.92. The number of hydrogen-bond donors (Lipinski definition) is 0. The summed E-state index contributed by atoms with van der Waals surface area (Å²) in [4.78, 5) is 29.1. The van der Waals surface area contributed by atoms with Gasteiger partial charge < -0.3 is 23.8 Å². The van der Waals surface area contributed by atoms with Gasteiger partial charge in [-0.3, -0.25) is 19.4 Å². The van der Waals surface area contributed by atoms with Gasteiger partial charge in [-0.05, 0) is 56.5 Å². The molecule has 2 heterocycles. The van der Waals surface area contributed by atoms with E-state index in [0.717, 1.165) is 63.4 Å². The van der Waals surface area contributed by atoms with Crippen molar-refractivity contribution in [1.82, 2.24) is 4.90 Å². The van der Waals surface area contributed by atoms with Crippen molar-refractivity contribution >= 4 is 46.9 Å². The van der Waals surface area contributed by atoms with Crippen LogP contribution in [0.3, 0.4) is 0 Å². The molecule has 0 aliphatic carbocycles. The molecule has 0 aromatic heterocycles. The average Bonchev–Trinajstić information content (AvgIpc) is 3.01. The maximum absolute atomic E-state index is 11.9. The highest BCUT2D eigenvalue weighted by Crippen LogP contribution is 2.33. The predicted octanol–water partition coefficient (Wildman–Crippen LogP) is 5.10. The highest BCUT2D eigenvalue weighted by Gasteiger charge is 2.24. The van der Waals surface area contributed by atoms with E-state index in [4.69, 9.17) is 42.1 Å². The van der Waals surface area contributed by atoms with E-state index in [1.54, 1.807) is 13.2 Å². The number of aryl methyl sites for hydroxylation is 1. The highest BCUT2D eigenvalue weighted by atomic mass is 35.5. The zero-order valence-corrected chi connectivity index (χ0v) is 26.2. The average molecular weight is 625 g/mol. The van der Waals surface area contributed by atoms with Crippen LogP contribution in [-0.2, 0) is 30.2 Å². The first-order valence-electron chi connectivity index (χ1n) is 14.6. The zero-order valence-electron chi connectivity index (χ0n) is 24.7. The minimum Gasteiger partial charge on any atom is -0.494 e. The number of ether oxygens (including phenoxy) is 4. The van der Waals surface area contributed by atoms with Crippen LogP contribution < -0.4 is 14.5 Å². The van der Waals surface area contributed by atoms with Crippen LogP contribution in [0.4, 0.5) is 11.4 Å². The lowest BCUT2D eigenvalue weighted by Gasteiger charge is -2.36. The van der Waals surface area contributed by atoms with Crippen molar-refractivity contribution in [3.8, 4) is 5.75 Å². The van der Waals surface area contributed by atoms with E-state index in [1.165, 1.54) is 4.90 Å². The fraction of sp³-hybridized carbons (Fsp3) is 0.548. The largest absolute Gasteiger partial charge is 0.494 e. The lowest BCUT2D eigenvalue weighted by Crippen LogP contribution is -2.46. The molecule has 2 aromatic rings. The molecule has 0 unspecified atom stereocenters. The van der Waals surface area contributed by atoms with E-state index >= 15 is 0 Å². The van der Waals surface area contributed by atoms with Gasteiger partial charge in [0.1, 0.15) is 5.75 Å². The zero-order chi connectivity index (χ0) is 30.2. The number of anilines is 2. The number of rotatable bonds is 15. The lowest BCUT2D eigenvalue weighted by molar-refractivity contribution is -0.122. The molecule has 2 aromatic carbocycles. The van der Waals surface area contributed by atoms with Crippen molar-refractivity contribution in [2.24, 2.45) is 0 Å².